The van der Waals surface area contributed by atoms with Gasteiger partial charge in [-0.3, -0.25) is 4.79 Å². The number of rotatable bonds is 4. The van der Waals surface area contributed by atoms with Crippen LogP contribution in [0.2, 0.25) is 0 Å². The van der Waals surface area contributed by atoms with Crippen molar-refractivity contribution >= 4 is 11.6 Å². The van der Waals surface area contributed by atoms with Gasteiger partial charge >= 0.3 is 0 Å². The van der Waals surface area contributed by atoms with Crippen LogP contribution in [0.5, 0.6) is 0 Å². The molecule has 0 radical (unpaired) electrons. The molecule has 2 N–H and O–H groups in total. The average Bonchev–Trinajstić information content (AvgIpc) is 2.53. The second-order valence-electron chi connectivity index (χ2n) is 4.32. The number of nitrogens with one attached hydrogen (secondary N) is 2. The molecule has 0 spiro atoms. The summed E-state index contributed by atoms with van der Waals surface area (Å²) in [6, 6.07) is 16.5. The van der Waals surface area contributed by atoms with Gasteiger partial charge in [-0.25, -0.2) is 0 Å². The van der Waals surface area contributed by atoms with Gasteiger partial charge in [-0.2, -0.15) is 5.26 Å². The van der Waals surface area contributed by atoms with E-state index in [1.807, 2.05) is 31.3 Å². The smallest absolute Gasteiger partial charge is 0.251 e. The number of hydrogen-bond donors (Lipinski definition) is 2. The van der Waals surface area contributed by atoms with Crippen molar-refractivity contribution in [2.75, 3.05) is 12.4 Å². The monoisotopic (exact) mass is 265 g/mol. The minimum absolute atomic E-state index is 0.114. The summed E-state index contributed by atoms with van der Waals surface area (Å²) >= 11 is 0. The molecule has 4 nitrogen and oxygen atoms in total. The molecule has 1 amide bonds. The molecule has 0 heterocycles. The molecule has 0 bridgehead atoms. The van der Waals surface area contributed by atoms with Crippen molar-refractivity contribution in [3.8, 4) is 6.07 Å². The molecule has 0 aliphatic carbocycles. The van der Waals surface area contributed by atoms with Gasteiger partial charge in [-0.1, -0.05) is 12.1 Å². The zero-order valence-electron chi connectivity index (χ0n) is 11.2. The van der Waals surface area contributed by atoms with Crippen LogP contribution in [0.3, 0.4) is 0 Å². The average molecular weight is 265 g/mol. The summed E-state index contributed by atoms with van der Waals surface area (Å²) in [6.45, 7) is 0.443. The summed E-state index contributed by atoms with van der Waals surface area (Å²) in [4.78, 5) is 12.0. The second kappa shape index (κ2) is 6.39. The van der Waals surface area contributed by atoms with Crippen LogP contribution in [-0.2, 0) is 6.54 Å². The molecule has 0 aliphatic rings. The van der Waals surface area contributed by atoms with E-state index >= 15 is 0 Å². The lowest BCUT2D eigenvalue weighted by Crippen LogP contribution is -2.22. The number of carbonyl (C=O) groups is 1. The van der Waals surface area contributed by atoms with E-state index in [2.05, 4.69) is 16.7 Å². The lowest BCUT2D eigenvalue weighted by molar-refractivity contribution is 0.0951. The Morgan fingerprint density at radius 2 is 1.75 bits per heavy atom. The van der Waals surface area contributed by atoms with Gasteiger partial charge in [0.05, 0.1) is 11.6 Å². The number of nitriles is 1. The maximum atomic E-state index is 12.0. The maximum Gasteiger partial charge on any atom is 0.251 e. The van der Waals surface area contributed by atoms with Gasteiger partial charge in [-0.05, 0) is 42.0 Å². The zero-order chi connectivity index (χ0) is 14.4. The molecule has 2 aromatic carbocycles. The third-order valence-electron chi connectivity index (χ3n) is 2.97. The normalized spacial score (nSPS) is 9.60. The first-order valence-corrected chi connectivity index (χ1v) is 6.28. The van der Waals surface area contributed by atoms with Crippen molar-refractivity contribution in [3.05, 3.63) is 65.2 Å². The molecule has 0 saturated carbocycles. The standard InChI is InChI=1S/C16H15N3O/c1-18-15-8-6-14(7-9-15)16(20)19-11-13-4-2-12(10-17)3-5-13/h2-9,18H,11H2,1H3,(H,19,20). The molecule has 0 unspecified atom stereocenters. The van der Waals surface area contributed by atoms with E-state index in [1.54, 1.807) is 24.3 Å². The number of nitrogens with zero attached hydrogens (tertiary/aromatic N) is 1. The van der Waals surface area contributed by atoms with Crippen molar-refractivity contribution in [1.29, 1.82) is 5.26 Å². The fourth-order valence-corrected chi connectivity index (χ4v) is 1.77. The van der Waals surface area contributed by atoms with E-state index in [0.29, 0.717) is 17.7 Å². The Labute approximate surface area is 118 Å². The summed E-state index contributed by atoms with van der Waals surface area (Å²) in [7, 11) is 1.83. The molecule has 0 aromatic heterocycles. The van der Waals surface area contributed by atoms with E-state index < -0.39 is 0 Å². The lowest BCUT2D eigenvalue weighted by Gasteiger charge is -2.06. The van der Waals surface area contributed by atoms with Crippen molar-refractivity contribution in [2.24, 2.45) is 0 Å². The van der Waals surface area contributed by atoms with Gasteiger partial charge in [0, 0.05) is 24.8 Å². The first-order valence-electron chi connectivity index (χ1n) is 6.28. The van der Waals surface area contributed by atoms with Crippen molar-refractivity contribution in [1.82, 2.24) is 5.32 Å². The lowest BCUT2D eigenvalue weighted by atomic mass is 10.1. The number of carbonyl (C=O) groups excluding carboxylic acids is 1. The van der Waals surface area contributed by atoms with Gasteiger partial charge in [0.1, 0.15) is 0 Å². The first kappa shape index (κ1) is 13.6. The Morgan fingerprint density at radius 3 is 2.30 bits per heavy atom. The van der Waals surface area contributed by atoms with Crippen LogP contribution >= 0.6 is 0 Å². The first-order chi connectivity index (χ1) is 9.72. The van der Waals surface area contributed by atoms with Crippen LogP contribution < -0.4 is 10.6 Å². The molecule has 4 heteroatoms. The van der Waals surface area contributed by atoms with E-state index in [-0.39, 0.29) is 5.91 Å². The maximum absolute atomic E-state index is 12.0. The van der Waals surface area contributed by atoms with Gasteiger partial charge in [0.15, 0.2) is 0 Å². The third-order valence-corrected chi connectivity index (χ3v) is 2.97. The van der Waals surface area contributed by atoms with Crippen molar-refractivity contribution < 1.29 is 4.79 Å². The van der Waals surface area contributed by atoms with Gasteiger partial charge in [0.25, 0.3) is 5.91 Å². The minimum Gasteiger partial charge on any atom is -0.388 e. The van der Waals surface area contributed by atoms with Crippen LogP contribution in [0.1, 0.15) is 21.5 Å². The quantitative estimate of drug-likeness (QED) is 0.892. The highest BCUT2D eigenvalue weighted by atomic mass is 16.1. The molecule has 0 aliphatic heterocycles. The number of benzene rings is 2. The number of anilines is 1. The van der Waals surface area contributed by atoms with Crippen LogP contribution in [0, 0.1) is 11.3 Å². The summed E-state index contributed by atoms with van der Waals surface area (Å²) in [6.07, 6.45) is 0. The molecular weight excluding hydrogens is 250 g/mol. The van der Waals surface area contributed by atoms with Crippen LogP contribution in [0.25, 0.3) is 0 Å². The fourth-order valence-electron chi connectivity index (χ4n) is 1.77. The molecule has 2 aromatic rings. The molecular formula is C16H15N3O. The Morgan fingerprint density at radius 1 is 1.10 bits per heavy atom. The Balaban J connectivity index is 1.95. The summed E-state index contributed by atoms with van der Waals surface area (Å²) in [5.41, 5.74) is 3.17. The summed E-state index contributed by atoms with van der Waals surface area (Å²) in [5.74, 6) is -0.114. The molecule has 100 valence electrons. The highest BCUT2D eigenvalue weighted by Crippen LogP contribution is 2.09. The Kier molecular flexibility index (Phi) is 4.35. The topological polar surface area (TPSA) is 64.9 Å². The van der Waals surface area contributed by atoms with Crippen LogP contribution in [-0.4, -0.2) is 13.0 Å². The largest absolute Gasteiger partial charge is 0.388 e. The van der Waals surface area contributed by atoms with E-state index in [4.69, 9.17) is 5.26 Å². The second-order valence-corrected chi connectivity index (χ2v) is 4.32. The predicted octanol–water partition coefficient (Wildman–Crippen LogP) is 2.53. The Hall–Kier alpha value is -2.80. The number of hydrogen-bond acceptors (Lipinski definition) is 3. The minimum atomic E-state index is -0.114. The van der Waals surface area contributed by atoms with Crippen molar-refractivity contribution in [2.45, 2.75) is 6.54 Å². The predicted molar refractivity (Wildman–Crippen MR) is 78.3 cm³/mol. The van der Waals surface area contributed by atoms with E-state index in [9.17, 15) is 4.79 Å². The molecule has 20 heavy (non-hydrogen) atoms. The summed E-state index contributed by atoms with van der Waals surface area (Å²) < 4.78 is 0. The Bertz CT molecular complexity index is 624. The van der Waals surface area contributed by atoms with E-state index in [1.165, 1.54) is 0 Å². The SMILES string of the molecule is CNc1ccc(C(=O)NCc2ccc(C#N)cc2)cc1. The molecule has 2 rings (SSSR count). The van der Waals surface area contributed by atoms with Crippen LogP contribution in [0.4, 0.5) is 5.69 Å². The number of amides is 1. The molecule has 0 saturated heterocycles. The highest BCUT2D eigenvalue weighted by Gasteiger charge is 2.04. The zero-order valence-corrected chi connectivity index (χ0v) is 11.2. The summed E-state index contributed by atoms with van der Waals surface area (Å²) in [5, 5.41) is 14.6. The van der Waals surface area contributed by atoms with Crippen molar-refractivity contribution in [3.63, 3.8) is 0 Å². The fraction of sp³-hybridized carbons (Fsp3) is 0.125. The molecule has 0 atom stereocenters. The van der Waals surface area contributed by atoms with Gasteiger partial charge in [0.2, 0.25) is 0 Å². The van der Waals surface area contributed by atoms with Gasteiger partial charge < -0.3 is 10.6 Å². The highest BCUT2D eigenvalue weighted by molar-refractivity contribution is 5.94. The molecule has 0 fully saturated rings. The van der Waals surface area contributed by atoms with Gasteiger partial charge in [-0.15, -0.1) is 0 Å². The third kappa shape index (κ3) is 3.36. The van der Waals surface area contributed by atoms with Crippen LogP contribution in [0.15, 0.2) is 48.5 Å². The van der Waals surface area contributed by atoms with E-state index in [0.717, 1.165) is 11.3 Å².